The molecule has 332 valence electrons. The van der Waals surface area contributed by atoms with Gasteiger partial charge in [0, 0.05) is 6.42 Å². The van der Waals surface area contributed by atoms with Crippen LogP contribution in [-0.2, 0) is 14.3 Å². The third-order valence-electron chi connectivity index (χ3n) is 11.9. The Labute approximate surface area is 344 Å². The van der Waals surface area contributed by atoms with E-state index in [1.54, 1.807) is 6.08 Å². The maximum Gasteiger partial charge on any atom is 0.220 e. The van der Waals surface area contributed by atoms with Crippen LogP contribution in [-0.4, -0.2) is 87.5 Å². The molecule has 6 N–H and O–H groups in total. The highest BCUT2D eigenvalue weighted by Crippen LogP contribution is 2.23. The highest BCUT2D eigenvalue weighted by atomic mass is 16.7. The molecule has 1 aliphatic heterocycles. The van der Waals surface area contributed by atoms with Crippen LogP contribution in [0, 0.1) is 5.92 Å². The molecule has 0 aliphatic carbocycles. The molecule has 9 nitrogen and oxygen atoms in total. The number of unbranched alkanes of at least 4 members (excludes halogenated alkanes) is 26. The Bertz CT molecular complexity index is 903. The van der Waals surface area contributed by atoms with Crippen molar-refractivity contribution in [2.24, 2.45) is 5.92 Å². The summed E-state index contributed by atoms with van der Waals surface area (Å²) < 4.78 is 11.2. The predicted molar refractivity (Wildman–Crippen MR) is 230 cm³/mol. The van der Waals surface area contributed by atoms with Gasteiger partial charge < -0.3 is 40.3 Å². The van der Waals surface area contributed by atoms with E-state index in [0.29, 0.717) is 6.42 Å². The van der Waals surface area contributed by atoms with Gasteiger partial charge in [-0.2, -0.15) is 0 Å². The Kier molecular flexibility index (Phi) is 35.0. The molecule has 1 saturated heterocycles. The maximum atomic E-state index is 13.0. The van der Waals surface area contributed by atoms with Gasteiger partial charge in [-0.3, -0.25) is 4.79 Å². The SMILES string of the molecule is CCCCCCCCCCCCCCCCCCCCCCCC(=O)NC(COC1OC(CO)C(O)C(O)C1O)C(O)C=CCCCCCCCCC(C)CC. The summed E-state index contributed by atoms with van der Waals surface area (Å²) in [5.41, 5.74) is 0. The van der Waals surface area contributed by atoms with Crippen molar-refractivity contribution in [2.75, 3.05) is 13.2 Å². The fourth-order valence-corrected chi connectivity index (χ4v) is 7.66. The standard InChI is InChI=1S/C47H91NO8/c1-4-6-7-8-9-10-11-12-13-14-15-16-17-18-19-20-21-22-27-30-33-36-43(51)48-40(38-55-47-46(54)45(53)44(52)42(37-49)56-47)41(50)35-32-29-26-24-23-25-28-31-34-39(3)5-2/h32,35,39-42,44-47,49-50,52-54H,4-31,33-34,36-38H2,1-3H3,(H,48,51). The molecule has 8 atom stereocenters. The lowest BCUT2D eigenvalue weighted by Gasteiger charge is -2.40. The van der Waals surface area contributed by atoms with Gasteiger partial charge in [-0.15, -0.1) is 0 Å². The zero-order chi connectivity index (χ0) is 41.1. The number of ether oxygens (including phenoxy) is 2. The molecule has 0 aromatic heterocycles. The van der Waals surface area contributed by atoms with E-state index in [4.69, 9.17) is 9.47 Å². The first kappa shape index (κ1) is 52.9. The van der Waals surface area contributed by atoms with Crippen molar-refractivity contribution in [1.29, 1.82) is 0 Å². The third kappa shape index (κ3) is 27.6. The Morgan fingerprint density at radius 1 is 0.661 bits per heavy atom. The van der Waals surface area contributed by atoms with Crippen molar-refractivity contribution >= 4 is 5.91 Å². The van der Waals surface area contributed by atoms with Gasteiger partial charge in [-0.25, -0.2) is 0 Å². The largest absolute Gasteiger partial charge is 0.394 e. The molecule has 1 heterocycles. The Morgan fingerprint density at radius 2 is 1.12 bits per heavy atom. The molecular formula is C47H91NO8. The molecule has 0 aromatic carbocycles. The molecule has 1 aliphatic rings. The van der Waals surface area contributed by atoms with Gasteiger partial charge in [0.15, 0.2) is 6.29 Å². The second-order valence-corrected chi connectivity index (χ2v) is 17.2. The van der Waals surface area contributed by atoms with Crippen LogP contribution in [0.25, 0.3) is 0 Å². The van der Waals surface area contributed by atoms with Gasteiger partial charge in [-0.1, -0.05) is 206 Å². The van der Waals surface area contributed by atoms with E-state index in [1.165, 1.54) is 154 Å². The lowest BCUT2D eigenvalue weighted by atomic mass is 9.99. The zero-order valence-electron chi connectivity index (χ0n) is 36.6. The number of aliphatic hydroxyl groups is 5. The van der Waals surface area contributed by atoms with E-state index >= 15 is 0 Å². The average molecular weight is 798 g/mol. The smallest absolute Gasteiger partial charge is 0.220 e. The molecule has 8 unspecified atom stereocenters. The quantitative estimate of drug-likeness (QED) is 0.0266. The molecule has 1 amide bonds. The van der Waals surface area contributed by atoms with E-state index in [9.17, 15) is 30.3 Å². The topological polar surface area (TPSA) is 149 Å². The van der Waals surface area contributed by atoms with E-state index < -0.39 is 49.5 Å². The minimum absolute atomic E-state index is 0.175. The van der Waals surface area contributed by atoms with Gasteiger partial charge in [0.05, 0.1) is 25.4 Å². The van der Waals surface area contributed by atoms with Gasteiger partial charge in [0.25, 0.3) is 0 Å². The van der Waals surface area contributed by atoms with Crippen molar-refractivity contribution in [3.8, 4) is 0 Å². The molecule has 1 rings (SSSR count). The first-order valence-corrected chi connectivity index (χ1v) is 23.8. The molecule has 0 aromatic rings. The number of aliphatic hydroxyl groups excluding tert-OH is 5. The zero-order valence-corrected chi connectivity index (χ0v) is 36.6. The molecule has 0 radical (unpaired) electrons. The number of nitrogens with one attached hydrogen (secondary N) is 1. The summed E-state index contributed by atoms with van der Waals surface area (Å²) in [5.74, 6) is 0.641. The number of allylic oxidation sites excluding steroid dienone is 1. The fourth-order valence-electron chi connectivity index (χ4n) is 7.66. The fraction of sp³-hybridized carbons (Fsp3) is 0.936. The number of hydrogen-bond donors (Lipinski definition) is 6. The van der Waals surface area contributed by atoms with Crippen LogP contribution in [0.2, 0.25) is 0 Å². The number of amides is 1. The van der Waals surface area contributed by atoms with Crippen LogP contribution < -0.4 is 5.32 Å². The Hall–Kier alpha value is -1.07. The van der Waals surface area contributed by atoms with Crippen molar-refractivity contribution in [2.45, 2.75) is 263 Å². The summed E-state index contributed by atoms with van der Waals surface area (Å²) in [6.07, 6.45) is 34.1. The van der Waals surface area contributed by atoms with Crippen molar-refractivity contribution in [3.05, 3.63) is 12.2 Å². The summed E-state index contributed by atoms with van der Waals surface area (Å²) in [6, 6.07) is -0.800. The minimum Gasteiger partial charge on any atom is -0.394 e. The second kappa shape index (κ2) is 37.0. The summed E-state index contributed by atoms with van der Waals surface area (Å²) in [6.45, 7) is 6.11. The third-order valence-corrected chi connectivity index (χ3v) is 11.9. The molecule has 56 heavy (non-hydrogen) atoms. The predicted octanol–water partition coefficient (Wildman–Crippen LogP) is 9.97. The highest BCUT2D eigenvalue weighted by Gasteiger charge is 2.44. The summed E-state index contributed by atoms with van der Waals surface area (Å²) in [5, 5.41) is 54.2. The van der Waals surface area contributed by atoms with Crippen molar-refractivity contribution in [3.63, 3.8) is 0 Å². The van der Waals surface area contributed by atoms with Crippen LogP contribution in [0.15, 0.2) is 12.2 Å². The van der Waals surface area contributed by atoms with E-state index in [-0.39, 0.29) is 12.5 Å². The first-order chi connectivity index (χ1) is 27.2. The first-order valence-electron chi connectivity index (χ1n) is 23.8. The van der Waals surface area contributed by atoms with Gasteiger partial charge in [0.2, 0.25) is 5.91 Å². The molecule has 0 saturated carbocycles. The highest BCUT2D eigenvalue weighted by molar-refractivity contribution is 5.76. The van der Waals surface area contributed by atoms with Crippen LogP contribution >= 0.6 is 0 Å². The van der Waals surface area contributed by atoms with E-state index in [0.717, 1.165) is 44.4 Å². The normalized spacial score (nSPS) is 21.8. The number of hydrogen-bond acceptors (Lipinski definition) is 8. The molecule has 1 fully saturated rings. The van der Waals surface area contributed by atoms with Crippen LogP contribution in [0.4, 0.5) is 0 Å². The minimum atomic E-state index is -1.56. The van der Waals surface area contributed by atoms with E-state index in [1.807, 2.05) is 6.08 Å². The van der Waals surface area contributed by atoms with Crippen molar-refractivity contribution in [1.82, 2.24) is 5.32 Å². The van der Waals surface area contributed by atoms with Crippen molar-refractivity contribution < 1.29 is 39.8 Å². The molecular weight excluding hydrogens is 707 g/mol. The molecule has 9 heteroatoms. The van der Waals surface area contributed by atoms with Gasteiger partial charge in [0.1, 0.15) is 24.4 Å². The number of carbonyl (C=O) groups is 1. The maximum absolute atomic E-state index is 13.0. The van der Waals surface area contributed by atoms with Crippen LogP contribution in [0.3, 0.4) is 0 Å². The lowest BCUT2D eigenvalue weighted by molar-refractivity contribution is -0.302. The molecule has 0 spiro atoms. The Balaban J connectivity index is 2.28. The monoisotopic (exact) mass is 798 g/mol. The lowest BCUT2D eigenvalue weighted by Crippen LogP contribution is -2.60. The van der Waals surface area contributed by atoms with Gasteiger partial charge >= 0.3 is 0 Å². The Morgan fingerprint density at radius 3 is 1.61 bits per heavy atom. The second-order valence-electron chi connectivity index (χ2n) is 17.2. The van der Waals surface area contributed by atoms with Gasteiger partial charge in [-0.05, 0) is 25.2 Å². The summed E-state index contributed by atoms with van der Waals surface area (Å²) in [7, 11) is 0. The van der Waals surface area contributed by atoms with Crippen LogP contribution in [0.5, 0.6) is 0 Å². The summed E-state index contributed by atoms with van der Waals surface area (Å²) in [4.78, 5) is 13.0. The summed E-state index contributed by atoms with van der Waals surface area (Å²) >= 11 is 0. The number of carbonyl (C=O) groups excluding carboxylic acids is 1. The molecule has 0 bridgehead atoms. The number of rotatable bonds is 39. The average Bonchev–Trinajstić information content (AvgIpc) is 3.20. The van der Waals surface area contributed by atoms with E-state index in [2.05, 4.69) is 26.1 Å². The van der Waals surface area contributed by atoms with Crippen LogP contribution in [0.1, 0.15) is 220 Å².